The van der Waals surface area contributed by atoms with E-state index in [0.29, 0.717) is 23.6 Å². The van der Waals surface area contributed by atoms with Crippen LogP contribution < -0.4 is 0 Å². The van der Waals surface area contributed by atoms with Crippen molar-refractivity contribution in [3.05, 3.63) is 17.0 Å². The lowest BCUT2D eigenvalue weighted by Crippen LogP contribution is -2.06. The standard InChI is InChI=1S/C9H10N2O3S/c12-3-8-7-4-15(13,14)5-9(7)11(10-8)6-1-2-6/h3,6H,1-2,4-5H2. The third kappa shape index (κ3) is 1.31. The first-order valence-electron chi connectivity index (χ1n) is 4.86. The van der Waals surface area contributed by atoms with Gasteiger partial charge in [0.25, 0.3) is 0 Å². The molecule has 0 aromatic carbocycles. The number of fused-ring (bicyclic) bond motifs is 1. The Hall–Kier alpha value is -1.17. The highest BCUT2D eigenvalue weighted by Crippen LogP contribution is 2.39. The van der Waals surface area contributed by atoms with Gasteiger partial charge in [0.2, 0.25) is 0 Å². The third-order valence-electron chi connectivity index (χ3n) is 2.87. The Bertz CT molecular complexity index is 540. The maximum absolute atomic E-state index is 11.5. The molecule has 5 nitrogen and oxygen atoms in total. The van der Waals surface area contributed by atoms with Crippen molar-refractivity contribution in [3.8, 4) is 0 Å². The van der Waals surface area contributed by atoms with E-state index in [-0.39, 0.29) is 11.5 Å². The third-order valence-corrected chi connectivity index (χ3v) is 4.32. The minimum Gasteiger partial charge on any atom is -0.296 e. The minimum atomic E-state index is -3.04. The van der Waals surface area contributed by atoms with E-state index in [9.17, 15) is 13.2 Å². The number of aldehydes is 1. The molecule has 1 saturated carbocycles. The largest absolute Gasteiger partial charge is 0.296 e. The molecule has 1 aromatic heterocycles. The van der Waals surface area contributed by atoms with Crippen molar-refractivity contribution in [1.29, 1.82) is 0 Å². The highest BCUT2D eigenvalue weighted by Gasteiger charge is 2.36. The van der Waals surface area contributed by atoms with E-state index in [1.54, 1.807) is 4.68 Å². The highest BCUT2D eigenvalue weighted by atomic mass is 32.2. The van der Waals surface area contributed by atoms with E-state index in [2.05, 4.69) is 5.10 Å². The fourth-order valence-corrected chi connectivity index (χ4v) is 3.61. The first-order valence-corrected chi connectivity index (χ1v) is 6.69. The van der Waals surface area contributed by atoms with E-state index >= 15 is 0 Å². The van der Waals surface area contributed by atoms with E-state index in [0.717, 1.165) is 18.5 Å². The van der Waals surface area contributed by atoms with Crippen LogP contribution in [0.3, 0.4) is 0 Å². The van der Waals surface area contributed by atoms with Gasteiger partial charge in [-0.25, -0.2) is 8.42 Å². The zero-order chi connectivity index (χ0) is 10.6. The predicted molar refractivity (Wildman–Crippen MR) is 52.2 cm³/mol. The quantitative estimate of drug-likeness (QED) is 0.687. The molecule has 80 valence electrons. The van der Waals surface area contributed by atoms with Gasteiger partial charge in [0, 0.05) is 5.56 Å². The summed E-state index contributed by atoms with van der Waals surface area (Å²) in [5.41, 5.74) is 1.66. The van der Waals surface area contributed by atoms with Gasteiger partial charge < -0.3 is 0 Å². The summed E-state index contributed by atoms with van der Waals surface area (Å²) in [6, 6.07) is 0.320. The lowest BCUT2D eigenvalue weighted by molar-refractivity contribution is 0.111. The second kappa shape index (κ2) is 2.69. The Morgan fingerprint density at radius 2 is 2.07 bits per heavy atom. The molecule has 3 rings (SSSR count). The summed E-state index contributed by atoms with van der Waals surface area (Å²) in [6.07, 6.45) is 2.72. The number of carbonyl (C=O) groups is 1. The molecular formula is C9H10N2O3S. The van der Waals surface area contributed by atoms with Crippen molar-refractivity contribution < 1.29 is 13.2 Å². The molecule has 0 spiro atoms. The van der Waals surface area contributed by atoms with Crippen LogP contribution in [0, 0.1) is 0 Å². The summed E-state index contributed by atoms with van der Waals surface area (Å²) >= 11 is 0. The molecule has 1 aliphatic carbocycles. The Kier molecular flexibility index (Phi) is 1.63. The summed E-state index contributed by atoms with van der Waals surface area (Å²) < 4.78 is 24.6. The summed E-state index contributed by atoms with van der Waals surface area (Å²) in [5.74, 6) is 0.0167. The van der Waals surface area contributed by atoms with Crippen LogP contribution in [-0.4, -0.2) is 24.5 Å². The van der Waals surface area contributed by atoms with Crippen molar-refractivity contribution in [2.75, 3.05) is 0 Å². The van der Waals surface area contributed by atoms with Crippen molar-refractivity contribution >= 4 is 16.1 Å². The monoisotopic (exact) mass is 226 g/mol. The molecule has 2 aliphatic rings. The Morgan fingerprint density at radius 3 is 2.67 bits per heavy atom. The van der Waals surface area contributed by atoms with Crippen molar-refractivity contribution in [2.45, 2.75) is 30.4 Å². The first kappa shape index (κ1) is 9.08. The van der Waals surface area contributed by atoms with Crippen LogP contribution in [0.1, 0.15) is 40.6 Å². The van der Waals surface area contributed by atoms with Crippen molar-refractivity contribution in [3.63, 3.8) is 0 Å². The van der Waals surface area contributed by atoms with Crippen LogP contribution in [0.4, 0.5) is 0 Å². The molecule has 0 saturated heterocycles. The molecule has 0 atom stereocenters. The molecule has 0 bridgehead atoms. The zero-order valence-corrected chi connectivity index (χ0v) is 8.83. The molecule has 0 radical (unpaired) electrons. The molecule has 0 amide bonds. The number of sulfone groups is 1. The van der Waals surface area contributed by atoms with E-state index in [1.807, 2.05) is 0 Å². The van der Waals surface area contributed by atoms with Crippen LogP contribution in [0.25, 0.3) is 0 Å². The molecule has 1 fully saturated rings. The second-order valence-electron chi connectivity index (χ2n) is 4.14. The second-order valence-corrected chi connectivity index (χ2v) is 6.20. The van der Waals surface area contributed by atoms with E-state index < -0.39 is 9.84 Å². The van der Waals surface area contributed by atoms with Gasteiger partial charge in [-0.1, -0.05) is 0 Å². The van der Waals surface area contributed by atoms with Gasteiger partial charge in [0.15, 0.2) is 16.1 Å². The predicted octanol–water partition coefficient (Wildman–Crippen LogP) is 0.459. The van der Waals surface area contributed by atoms with Gasteiger partial charge in [-0.2, -0.15) is 5.10 Å². The number of hydrogen-bond acceptors (Lipinski definition) is 4. The van der Waals surface area contributed by atoms with Gasteiger partial charge in [-0.05, 0) is 12.8 Å². The Labute approximate surface area is 87.0 Å². The SMILES string of the molecule is O=Cc1nn(C2CC2)c2c1CS(=O)(=O)C2. The van der Waals surface area contributed by atoms with E-state index in [4.69, 9.17) is 0 Å². The maximum Gasteiger partial charge on any atom is 0.170 e. The fraction of sp³-hybridized carbons (Fsp3) is 0.556. The summed E-state index contributed by atoms with van der Waals surface area (Å²) in [5, 5.41) is 4.16. The average molecular weight is 226 g/mol. The Morgan fingerprint density at radius 1 is 1.33 bits per heavy atom. The fourth-order valence-electron chi connectivity index (χ4n) is 2.03. The average Bonchev–Trinajstić information content (AvgIpc) is 2.87. The van der Waals surface area contributed by atoms with Gasteiger partial charge in [-0.3, -0.25) is 9.48 Å². The minimum absolute atomic E-state index is 0.0247. The number of nitrogens with zero attached hydrogens (tertiary/aromatic N) is 2. The lowest BCUT2D eigenvalue weighted by Gasteiger charge is -2.00. The number of aromatic nitrogens is 2. The van der Waals surface area contributed by atoms with Crippen LogP contribution in [0.2, 0.25) is 0 Å². The van der Waals surface area contributed by atoms with Crippen LogP contribution >= 0.6 is 0 Å². The zero-order valence-electron chi connectivity index (χ0n) is 8.01. The molecule has 1 aliphatic heterocycles. The maximum atomic E-state index is 11.5. The highest BCUT2D eigenvalue weighted by molar-refractivity contribution is 7.90. The van der Waals surface area contributed by atoms with Gasteiger partial charge in [0.05, 0.1) is 23.2 Å². The number of carbonyl (C=O) groups excluding carboxylic acids is 1. The molecule has 6 heteroatoms. The normalized spacial score (nSPS) is 22.7. The van der Waals surface area contributed by atoms with E-state index in [1.165, 1.54) is 0 Å². The smallest absolute Gasteiger partial charge is 0.170 e. The van der Waals surface area contributed by atoms with Crippen LogP contribution in [0.5, 0.6) is 0 Å². The summed E-state index contributed by atoms with van der Waals surface area (Å²) in [4.78, 5) is 10.8. The number of rotatable bonds is 2. The lowest BCUT2D eigenvalue weighted by atomic mass is 10.2. The molecule has 1 aromatic rings. The molecule has 2 heterocycles. The Balaban J connectivity index is 2.18. The van der Waals surface area contributed by atoms with Crippen molar-refractivity contribution in [1.82, 2.24) is 9.78 Å². The first-order chi connectivity index (χ1) is 7.11. The molecular weight excluding hydrogens is 216 g/mol. The van der Waals surface area contributed by atoms with Crippen LogP contribution in [0.15, 0.2) is 0 Å². The molecule has 0 unspecified atom stereocenters. The topological polar surface area (TPSA) is 69.0 Å². The molecule has 0 N–H and O–H groups in total. The van der Waals surface area contributed by atoms with Crippen LogP contribution in [-0.2, 0) is 21.3 Å². The summed E-state index contributed by atoms with van der Waals surface area (Å²) in [6.45, 7) is 0. The van der Waals surface area contributed by atoms with Gasteiger partial charge in [0.1, 0.15) is 5.69 Å². The van der Waals surface area contributed by atoms with Gasteiger partial charge >= 0.3 is 0 Å². The van der Waals surface area contributed by atoms with Gasteiger partial charge in [-0.15, -0.1) is 0 Å². The summed E-state index contributed by atoms with van der Waals surface area (Å²) in [7, 11) is -3.04. The molecule has 15 heavy (non-hydrogen) atoms. The van der Waals surface area contributed by atoms with Crippen molar-refractivity contribution in [2.24, 2.45) is 0 Å². The number of hydrogen-bond donors (Lipinski definition) is 0.